The summed E-state index contributed by atoms with van der Waals surface area (Å²) in [5.74, 6) is 0.788. The van der Waals surface area contributed by atoms with Gasteiger partial charge in [0.25, 0.3) is 0 Å². The lowest BCUT2D eigenvalue weighted by Crippen LogP contribution is -2.34. The number of urea groups is 1. The summed E-state index contributed by atoms with van der Waals surface area (Å²) in [6.45, 7) is 7.97. The molecule has 1 rings (SSSR count). The zero-order chi connectivity index (χ0) is 19.7. The molecule has 1 aromatic heterocycles. The zero-order valence-electron chi connectivity index (χ0n) is 15.6. The quantitative estimate of drug-likeness (QED) is 0.590. The summed E-state index contributed by atoms with van der Waals surface area (Å²) in [7, 11) is -3.21. The van der Waals surface area contributed by atoms with Crippen molar-refractivity contribution in [2.75, 3.05) is 18.0 Å². The minimum atomic E-state index is -3.21. The van der Waals surface area contributed by atoms with Gasteiger partial charge in [0.05, 0.1) is 11.4 Å². The molecule has 1 heterocycles. The van der Waals surface area contributed by atoms with Crippen LogP contribution in [0.4, 0.5) is 10.6 Å². The van der Waals surface area contributed by atoms with E-state index in [0.717, 1.165) is 0 Å². The molecule has 26 heavy (non-hydrogen) atoms. The van der Waals surface area contributed by atoms with E-state index in [4.69, 9.17) is 5.73 Å². The number of carbonyl (C=O) groups excluding carboxylic acids is 1. The van der Waals surface area contributed by atoms with Gasteiger partial charge in [-0.15, -0.1) is 0 Å². The van der Waals surface area contributed by atoms with E-state index in [1.807, 2.05) is 13.8 Å². The Morgan fingerprint density at radius 2 is 2.04 bits per heavy atom. The van der Waals surface area contributed by atoms with Gasteiger partial charge in [-0.05, 0) is 24.5 Å². The van der Waals surface area contributed by atoms with Gasteiger partial charge in [-0.25, -0.2) is 23.2 Å². The maximum absolute atomic E-state index is 11.8. The fourth-order valence-electron chi connectivity index (χ4n) is 1.83. The van der Waals surface area contributed by atoms with Crippen molar-refractivity contribution in [3.63, 3.8) is 0 Å². The predicted molar refractivity (Wildman–Crippen MR) is 104 cm³/mol. The van der Waals surface area contributed by atoms with Crippen LogP contribution in [0, 0.1) is 5.92 Å². The van der Waals surface area contributed by atoms with Gasteiger partial charge >= 0.3 is 6.03 Å². The summed E-state index contributed by atoms with van der Waals surface area (Å²) in [5, 5.41) is 5.31. The number of hydrogen-bond donors (Lipinski definition) is 3. The summed E-state index contributed by atoms with van der Waals surface area (Å²) in [5.41, 5.74) is 6.80. The van der Waals surface area contributed by atoms with Gasteiger partial charge in [0, 0.05) is 24.6 Å². The minimum absolute atomic E-state index is 0.0361. The second-order valence-corrected chi connectivity index (χ2v) is 8.59. The SMILES string of the molecule is CCS(=O)(=O)Cc1cc(N)nc(/C(C)=C/C=C/NC(=O)NCC(C)C)n1. The average Bonchev–Trinajstić information content (AvgIpc) is 2.55. The Morgan fingerprint density at radius 1 is 1.35 bits per heavy atom. The number of aromatic nitrogens is 2. The van der Waals surface area contributed by atoms with E-state index in [1.165, 1.54) is 12.3 Å². The molecule has 0 radical (unpaired) electrons. The highest BCUT2D eigenvalue weighted by Crippen LogP contribution is 2.14. The van der Waals surface area contributed by atoms with Crippen molar-refractivity contribution in [2.24, 2.45) is 5.92 Å². The third kappa shape index (κ3) is 8.11. The van der Waals surface area contributed by atoms with Crippen molar-refractivity contribution in [1.29, 1.82) is 0 Å². The Morgan fingerprint density at radius 3 is 2.65 bits per heavy atom. The van der Waals surface area contributed by atoms with E-state index in [2.05, 4.69) is 20.6 Å². The van der Waals surface area contributed by atoms with Gasteiger partial charge in [0.1, 0.15) is 5.82 Å². The lowest BCUT2D eigenvalue weighted by molar-refractivity contribution is 0.243. The number of amides is 2. The Labute approximate surface area is 154 Å². The Hall–Kier alpha value is -2.42. The van der Waals surface area contributed by atoms with Gasteiger partial charge < -0.3 is 16.4 Å². The normalized spacial score (nSPS) is 12.6. The minimum Gasteiger partial charge on any atom is -0.384 e. The van der Waals surface area contributed by atoms with Crippen LogP contribution in [0.15, 0.2) is 24.4 Å². The van der Waals surface area contributed by atoms with Crippen LogP contribution in [0.2, 0.25) is 0 Å². The van der Waals surface area contributed by atoms with E-state index in [9.17, 15) is 13.2 Å². The summed E-state index contributed by atoms with van der Waals surface area (Å²) in [6.07, 6.45) is 4.84. The number of allylic oxidation sites excluding steroid dienone is 3. The van der Waals surface area contributed by atoms with Crippen molar-refractivity contribution in [1.82, 2.24) is 20.6 Å². The topological polar surface area (TPSA) is 127 Å². The van der Waals surface area contributed by atoms with Crippen LogP contribution in [-0.2, 0) is 15.6 Å². The first-order valence-corrected chi connectivity index (χ1v) is 10.2. The van der Waals surface area contributed by atoms with Crippen molar-refractivity contribution in [3.8, 4) is 0 Å². The molecule has 0 aromatic carbocycles. The summed E-state index contributed by atoms with van der Waals surface area (Å²) in [6, 6.07) is 1.17. The molecule has 0 bridgehead atoms. The van der Waals surface area contributed by atoms with E-state index in [1.54, 1.807) is 26.0 Å². The van der Waals surface area contributed by atoms with E-state index in [0.29, 0.717) is 29.6 Å². The van der Waals surface area contributed by atoms with Crippen LogP contribution in [0.1, 0.15) is 39.2 Å². The first kappa shape index (κ1) is 21.6. The summed E-state index contributed by atoms with van der Waals surface area (Å²) >= 11 is 0. The van der Waals surface area contributed by atoms with Crippen molar-refractivity contribution in [3.05, 3.63) is 35.9 Å². The molecule has 2 amide bonds. The van der Waals surface area contributed by atoms with Crippen LogP contribution >= 0.6 is 0 Å². The molecule has 0 aliphatic rings. The highest BCUT2D eigenvalue weighted by atomic mass is 32.2. The molecule has 0 saturated heterocycles. The number of nitrogens with zero attached hydrogens (tertiary/aromatic N) is 2. The maximum atomic E-state index is 11.8. The van der Waals surface area contributed by atoms with Gasteiger partial charge in [0.15, 0.2) is 15.7 Å². The molecular weight excluding hydrogens is 354 g/mol. The third-order valence-corrected chi connectivity index (χ3v) is 4.90. The average molecular weight is 382 g/mol. The largest absolute Gasteiger partial charge is 0.384 e. The van der Waals surface area contributed by atoms with Gasteiger partial charge in [-0.1, -0.05) is 26.8 Å². The zero-order valence-corrected chi connectivity index (χ0v) is 16.4. The number of rotatable bonds is 8. The molecule has 4 N–H and O–H groups in total. The highest BCUT2D eigenvalue weighted by molar-refractivity contribution is 7.90. The lowest BCUT2D eigenvalue weighted by atomic mass is 10.2. The molecule has 0 unspecified atom stereocenters. The van der Waals surface area contributed by atoms with Crippen molar-refractivity contribution < 1.29 is 13.2 Å². The Kier molecular flexibility index (Phi) is 8.24. The summed E-state index contributed by atoms with van der Waals surface area (Å²) in [4.78, 5) is 19.9. The first-order valence-electron chi connectivity index (χ1n) is 8.35. The van der Waals surface area contributed by atoms with E-state index in [-0.39, 0.29) is 23.4 Å². The molecule has 0 atom stereocenters. The number of nitrogen functional groups attached to an aromatic ring is 1. The van der Waals surface area contributed by atoms with Crippen molar-refractivity contribution >= 4 is 27.3 Å². The number of nitrogens with two attached hydrogens (primary N) is 1. The molecule has 0 aliphatic carbocycles. The summed E-state index contributed by atoms with van der Waals surface area (Å²) < 4.78 is 23.5. The van der Waals surface area contributed by atoms with Gasteiger partial charge in [-0.3, -0.25) is 0 Å². The fourth-order valence-corrected chi connectivity index (χ4v) is 2.64. The fraction of sp³-hybridized carbons (Fsp3) is 0.471. The Bertz CT molecular complexity index is 786. The molecule has 8 nitrogen and oxygen atoms in total. The molecular formula is C17H27N5O3S. The number of anilines is 1. The van der Waals surface area contributed by atoms with Crippen LogP contribution in [0.25, 0.3) is 5.57 Å². The number of hydrogen-bond acceptors (Lipinski definition) is 6. The number of sulfone groups is 1. The molecule has 144 valence electrons. The first-order chi connectivity index (χ1) is 12.1. The standard InChI is InChI=1S/C17H27N5O3S/c1-5-26(24,25)11-14-9-15(18)22-16(21-14)13(4)7-6-8-19-17(23)20-10-12(2)3/h6-9,12H,5,10-11H2,1-4H3,(H2,18,21,22)(H2,19,20,23)/b8-6+,13-7+. The van der Waals surface area contributed by atoms with Gasteiger partial charge in [0.2, 0.25) is 0 Å². The maximum Gasteiger partial charge on any atom is 0.318 e. The van der Waals surface area contributed by atoms with Crippen LogP contribution in [0.3, 0.4) is 0 Å². The van der Waals surface area contributed by atoms with Crippen LogP contribution in [-0.4, -0.2) is 36.7 Å². The number of nitrogens with one attached hydrogen (secondary N) is 2. The highest BCUT2D eigenvalue weighted by Gasteiger charge is 2.12. The van der Waals surface area contributed by atoms with E-state index < -0.39 is 9.84 Å². The second kappa shape index (κ2) is 9.91. The monoisotopic (exact) mass is 381 g/mol. The second-order valence-electron chi connectivity index (χ2n) is 6.24. The lowest BCUT2D eigenvalue weighted by Gasteiger charge is -2.07. The van der Waals surface area contributed by atoms with Crippen LogP contribution in [0.5, 0.6) is 0 Å². The molecule has 0 fully saturated rings. The predicted octanol–water partition coefficient (Wildman–Crippen LogP) is 1.87. The van der Waals surface area contributed by atoms with Crippen molar-refractivity contribution in [2.45, 2.75) is 33.4 Å². The molecule has 9 heteroatoms. The number of carbonyl (C=O) groups is 1. The third-order valence-electron chi connectivity index (χ3n) is 3.29. The van der Waals surface area contributed by atoms with E-state index >= 15 is 0 Å². The molecule has 0 aliphatic heterocycles. The molecule has 1 aromatic rings. The molecule has 0 spiro atoms. The van der Waals surface area contributed by atoms with Gasteiger partial charge in [-0.2, -0.15) is 0 Å². The Balaban J connectivity index is 2.78. The van der Waals surface area contributed by atoms with Crippen LogP contribution < -0.4 is 16.4 Å². The smallest absolute Gasteiger partial charge is 0.318 e. The molecule has 0 saturated carbocycles.